The highest BCUT2D eigenvalue weighted by Crippen LogP contribution is 2.37. The van der Waals surface area contributed by atoms with Crippen LogP contribution < -0.4 is 5.32 Å². The van der Waals surface area contributed by atoms with Gasteiger partial charge in [-0.15, -0.1) is 0 Å². The fourth-order valence-electron chi connectivity index (χ4n) is 3.85. The van der Waals surface area contributed by atoms with Crippen molar-refractivity contribution in [1.29, 1.82) is 0 Å². The lowest BCUT2D eigenvalue weighted by atomic mass is 9.83. The molecule has 1 N–H and O–H groups in total. The van der Waals surface area contributed by atoms with E-state index in [1.807, 2.05) is 13.8 Å². The van der Waals surface area contributed by atoms with Gasteiger partial charge < -0.3 is 5.32 Å². The van der Waals surface area contributed by atoms with Crippen LogP contribution >= 0.6 is 11.6 Å². The Morgan fingerprint density at radius 1 is 1.32 bits per heavy atom. The first kappa shape index (κ1) is 17.9. The lowest BCUT2D eigenvalue weighted by Gasteiger charge is -2.35. The summed E-state index contributed by atoms with van der Waals surface area (Å²) < 4.78 is 0. The average molecular weight is 363 g/mol. The third-order valence-corrected chi connectivity index (χ3v) is 5.36. The van der Waals surface area contributed by atoms with Gasteiger partial charge in [0.25, 0.3) is 5.69 Å². The molecular formula is C19H23ClN2O3. The van der Waals surface area contributed by atoms with E-state index in [0.29, 0.717) is 17.7 Å². The minimum Gasteiger partial charge on any atom is -0.379 e. The number of allylic oxidation sites excluding steroid dienone is 1. The fourth-order valence-corrected chi connectivity index (χ4v) is 4.11. The Bertz CT molecular complexity index is 749. The maximum Gasteiger partial charge on any atom is 0.288 e. The Labute approximate surface area is 152 Å². The average Bonchev–Trinajstić information content (AvgIpc) is 2.53. The zero-order valence-electron chi connectivity index (χ0n) is 14.6. The molecule has 0 atom stereocenters. The van der Waals surface area contributed by atoms with Gasteiger partial charge in [-0.25, -0.2) is 0 Å². The van der Waals surface area contributed by atoms with Crippen LogP contribution in [0.3, 0.4) is 0 Å². The van der Waals surface area contributed by atoms with Crippen LogP contribution in [-0.4, -0.2) is 16.2 Å². The number of hydrogen-bond acceptors (Lipinski definition) is 4. The van der Waals surface area contributed by atoms with Gasteiger partial charge in [-0.05, 0) is 44.7 Å². The Kier molecular flexibility index (Phi) is 4.87. The van der Waals surface area contributed by atoms with Crippen LogP contribution in [0.5, 0.6) is 0 Å². The van der Waals surface area contributed by atoms with E-state index in [9.17, 15) is 14.9 Å². The first-order chi connectivity index (χ1) is 11.8. The highest BCUT2D eigenvalue weighted by Gasteiger charge is 2.31. The standard InChI is InChI=1S/C19H23ClN2O3/c1-19(2)11-13-8-15(20)17(22(24)25)9-14(13)16(21-19)10-18(23)12-6-4-3-5-7-12/h8-10,12,21H,3-7,11H2,1-2H3. The van der Waals surface area contributed by atoms with Crippen molar-refractivity contribution in [2.75, 3.05) is 0 Å². The molecule has 1 aromatic rings. The summed E-state index contributed by atoms with van der Waals surface area (Å²) in [5, 5.41) is 14.7. The number of hydrogen-bond donors (Lipinski definition) is 1. The molecule has 6 heteroatoms. The lowest BCUT2D eigenvalue weighted by Crippen LogP contribution is -2.44. The molecule has 5 nitrogen and oxygen atoms in total. The van der Waals surface area contributed by atoms with Crippen molar-refractivity contribution in [1.82, 2.24) is 5.32 Å². The maximum absolute atomic E-state index is 12.7. The predicted molar refractivity (Wildman–Crippen MR) is 98.6 cm³/mol. The summed E-state index contributed by atoms with van der Waals surface area (Å²) in [4.78, 5) is 23.4. The minimum atomic E-state index is -0.483. The number of rotatable bonds is 3. The topological polar surface area (TPSA) is 72.2 Å². The van der Waals surface area contributed by atoms with E-state index in [0.717, 1.165) is 31.2 Å². The number of ketones is 1. The molecule has 134 valence electrons. The van der Waals surface area contributed by atoms with Crippen molar-refractivity contribution in [3.05, 3.63) is 44.5 Å². The molecule has 3 rings (SSSR count). The first-order valence-electron chi connectivity index (χ1n) is 8.78. The molecule has 1 aliphatic carbocycles. The van der Waals surface area contributed by atoms with Gasteiger partial charge in [-0.1, -0.05) is 30.9 Å². The van der Waals surface area contributed by atoms with Crippen molar-refractivity contribution < 1.29 is 9.72 Å². The van der Waals surface area contributed by atoms with Gasteiger partial charge in [0, 0.05) is 34.9 Å². The van der Waals surface area contributed by atoms with E-state index in [-0.39, 0.29) is 28.0 Å². The number of benzene rings is 1. The van der Waals surface area contributed by atoms with Gasteiger partial charge in [-0.3, -0.25) is 14.9 Å². The second-order valence-electron chi connectivity index (χ2n) is 7.70. The van der Waals surface area contributed by atoms with Crippen LogP contribution in [0.4, 0.5) is 5.69 Å². The number of nitro benzene ring substituents is 1. The van der Waals surface area contributed by atoms with Crippen LogP contribution in [0, 0.1) is 16.0 Å². The Hall–Kier alpha value is -1.88. The van der Waals surface area contributed by atoms with E-state index >= 15 is 0 Å². The number of nitrogens with one attached hydrogen (secondary N) is 1. The Morgan fingerprint density at radius 3 is 2.64 bits per heavy atom. The third kappa shape index (κ3) is 3.87. The number of carbonyl (C=O) groups is 1. The number of fused-ring (bicyclic) bond motifs is 1. The molecule has 0 spiro atoms. The van der Waals surface area contributed by atoms with Crippen molar-refractivity contribution >= 4 is 28.8 Å². The molecular weight excluding hydrogens is 340 g/mol. The molecule has 25 heavy (non-hydrogen) atoms. The fraction of sp³-hybridized carbons (Fsp3) is 0.526. The molecule has 0 amide bonds. The molecule has 2 aliphatic rings. The van der Waals surface area contributed by atoms with Crippen molar-refractivity contribution in [3.63, 3.8) is 0 Å². The van der Waals surface area contributed by atoms with Gasteiger partial charge in [0.2, 0.25) is 0 Å². The van der Waals surface area contributed by atoms with Crippen LogP contribution in [-0.2, 0) is 11.2 Å². The molecule has 0 saturated heterocycles. The molecule has 1 aliphatic heterocycles. The summed E-state index contributed by atoms with van der Waals surface area (Å²) in [5.74, 6) is 0.183. The summed E-state index contributed by atoms with van der Waals surface area (Å²) in [6, 6.07) is 3.15. The summed E-state index contributed by atoms with van der Waals surface area (Å²) in [5.41, 5.74) is 1.94. The minimum absolute atomic E-state index is 0.0684. The highest BCUT2D eigenvalue weighted by molar-refractivity contribution is 6.32. The van der Waals surface area contributed by atoms with Crippen molar-refractivity contribution in [2.45, 2.75) is 57.9 Å². The van der Waals surface area contributed by atoms with Crippen LogP contribution in [0.15, 0.2) is 18.2 Å². The van der Waals surface area contributed by atoms with Gasteiger partial charge in [0.05, 0.1) is 4.92 Å². The number of nitrogens with zero attached hydrogens (tertiary/aromatic N) is 1. The van der Waals surface area contributed by atoms with Crippen molar-refractivity contribution in [3.8, 4) is 0 Å². The number of nitro groups is 1. The van der Waals surface area contributed by atoms with Gasteiger partial charge in [0.1, 0.15) is 5.02 Å². The lowest BCUT2D eigenvalue weighted by molar-refractivity contribution is -0.384. The summed E-state index contributed by atoms with van der Waals surface area (Å²) in [7, 11) is 0. The van der Waals surface area contributed by atoms with Crippen LogP contribution in [0.25, 0.3) is 5.70 Å². The molecule has 1 saturated carbocycles. The van der Waals surface area contributed by atoms with Gasteiger partial charge >= 0.3 is 0 Å². The molecule has 1 fully saturated rings. The highest BCUT2D eigenvalue weighted by atomic mass is 35.5. The number of carbonyl (C=O) groups excluding carboxylic acids is 1. The number of halogens is 1. The summed E-state index contributed by atoms with van der Waals surface area (Å²) in [6.45, 7) is 4.09. The Morgan fingerprint density at radius 2 is 2.00 bits per heavy atom. The smallest absolute Gasteiger partial charge is 0.288 e. The van der Waals surface area contributed by atoms with Crippen LogP contribution in [0.1, 0.15) is 57.1 Å². The monoisotopic (exact) mass is 362 g/mol. The van der Waals surface area contributed by atoms with E-state index in [1.165, 1.54) is 12.5 Å². The largest absolute Gasteiger partial charge is 0.379 e. The summed E-state index contributed by atoms with van der Waals surface area (Å²) >= 11 is 6.08. The van der Waals surface area contributed by atoms with E-state index < -0.39 is 4.92 Å². The SMILES string of the molecule is CC1(C)Cc2cc(Cl)c([N+](=O)[O-])cc2C(=CC(=O)C2CCCCC2)N1. The van der Waals surface area contributed by atoms with Crippen molar-refractivity contribution in [2.24, 2.45) is 5.92 Å². The third-order valence-electron chi connectivity index (χ3n) is 5.06. The van der Waals surface area contributed by atoms with Gasteiger partial charge in [0.15, 0.2) is 5.78 Å². The predicted octanol–water partition coefficient (Wildman–Crippen LogP) is 4.66. The summed E-state index contributed by atoms with van der Waals surface area (Å²) in [6.07, 6.45) is 7.58. The molecule has 0 unspecified atom stereocenters. The first-order valence-corrected chi connectivity index (χ1v) is 9.15. The molecule has 0 aromatic heterocycles. The van der Waals surface area contributed by atoms with Gasteiger partial charge in [-0.2, -0.15) is 0 Å². The Balaban J connectivity index is 2.02. The molecule has 1 heterocycles. The quantitative estimate of drug-likeness (QED) is 0.482. The van der Waals surface area contributed by atoms with Crippen LogP contribution in [0.2, 0.25) is 5.02 Å². The van der Waals surface area contributed by atoms with E-state index in [4.69, 9.17) is 11.6 Å². The van der Waals surface area contributed by atoms with E-state index in [2.05, 4.69) is 5.32 Å². The zero-order valence-corrected chi connectivity index (χ0v) is 15.4. The molecule has 0 radical (unpaired) electrons. The normalized spacial score (nSPS) is 21.5. The zero-order chi connectivity index (χ0) is 18.2. The maximum atomic E-state index is 12.7. The molecule has 1 aromatic carbocycles. The molecule has 0 bridgehead atoms. The second-order valence-corrected chi connectivity index (χ2v) is 8.11. The van der Waals surface area contributed by atoms with E-state index in [1.54, 1.807) is 12.1 Å². The second kappa shape index (κ2) is 6.79.